The molecule has 0 aromatic carbocycles. The van der Waals surface area contributed by atoms with Crippen LogP contribution in [-0.2, 0) is 10.5 Å². The Labute approximate surface area is 92.0 Å². The van der Waals surface area contributed by atoms with Crippen LogP contribution in [0, 0.1) is 0 Å². The second-order valence-electron chi connectivity index (χ2n) is 3.15. The fraction of sp³-hybridized carbons (Fsp3) is 0.778. The number of hydrogen-bond acceptors (Lipinski definition) is 3. The second kappa shape index (κ2) is 7.78. The van der Waals surface area contributed by atoms with Crippen molar-refractivity contribution in [3.05, 3.63) is 12.7 Å². The van der Waals surface area contributed by atoms with Crippen molar-refractivity contribution in [3.63, 3.8) is 0 Å². The zero-order valence-electron chi connectivity index (χ0n) is 9.57. The summed E-state index contributed by atoms with van der Waals surface area (Å²) in [6, 6.07) is 0. The molecule has 0 bridgehead atoms. The van der Waals surface area contributed by atoms with Crippen LogP contribution >= 0.6 is 0 Å². The molecule has 0 aromatic heterocycles. The van der Waals surface area contributed by atoms with Crippen LogP contribution in [0.1, 0.15) is 20.8 Å². The summed E-state index contributed by atoms with van der Waals surface area (Å²) >= 11 is 0. The maximum absolute atomic E-state index is 10.1. The lowest BCUT2D eigenvalue weighted by atomic mass is 10.3. The monoisotopic (exact) mass is 241 g/mol. The van der Waals surface area contributed by atoms with Gasteiger partial charge in [0.25, 0.3) is 10.5 Å². The highest BCUT2D eigenvalue weighted by molar-refractivity contribution is 7.80. The lowest BCUT2D eigenvalue weighted by Gasteiger charge is -2.34. The van der Waals surface area contributed by atoms with E-state index in [1.54, 1.807) is 0 Å². The number of hydrogen-bond donors (Lipinski definition) is 0. The fourth-order valence-corrected chi connectivity index (χ4v) is 1.33. The molecule has 0 rings (SSSR count). The first-order valence-electron chi connectivity index (χ1n) is 4.86. The standard InChI is InChI=1S/C9H20N.FHO3S/c1-5-9-10(6-2,7-3)8-4;1-5(2,3)4/h5H,1,6-9H2,2-4H3;(H,2,3,4)/q+1;/p-1. The topological polar surface area (TPSA) is 57.2 Å². The van der Waals surface area contributed by atoms with Gasteiger partial charge in [-0.2, -0.15) is 0 Å². The van der Waals surface area contributed by atoms with Crippen molar-refractivity contribution in [3.8, 4) is 0 Å². The molecule has 0 aliphatic carbocycles. The maximum atomic E-state index is 10.1. The van der Waals surface area contributed by atoms with Gasteiger partial charge in [-0.3, -0.25) is 0 Å². The lowest BCUT2D eigenvalue weighted by molar-refractivity contribution is -0.917. The molecule has 0 aliphatic rings. The second-order valence-corrected chi connectivity index (χ2v) is 3.94. The summed E-state index contributed by atoms with van der Waals surface area (Å²) in [5.74, 6) is 0. The van der Waals surface area contributed by atoms with E-state index in [0.717, 1.165) is 6.54 Å². The Morgan fingerprint density at radius 2 is 1.53 bits per heavy atom. The van der Waals surface area contributed by atoms with Crippen molar-refractivity contribution in [1.82, 2.24) is 0 Å². The van der Waals surface area contributed by atoms with Crippen molar-refractivity contribution < 1.29 is 21.3 Å². The first-order chi connectivity index (χ1) is 6.74. The smallest absolute Gasteiger partial charge is 0.255 e. The molecule has 0 unspecified atom stereocenters. The Morgan fingerprint density at radius 3 is 1.60 bits per heavy atom. The van der Waals surface area contributed by atoms with Crippen molar-refractivity contribution >= 4 is 10.5 Å². The maximum Gasteiger partial charge on any atom is 0.255 e. The highest BCUT2D eigenvalue weighted by Gasteiger charge is 2.17. The van der Waals surface area contributed by atoms with Gasteiger partial charge in [0.1, 0.15) is 0 Å². The molecular weight excluding hydrogens is 221 g/mol. The molecule has 0 radical (unpaired) electrons. The van der Waals surface area contributed by atoms with Crippen LogP contribution < -0.4 is 0 Å². The first kappa shape index (κ1) is 17.0. The number of nitrogens with zero attached hydrogens (tertiary/aromatic N) is 1. The van der Waals surface area contributed by atoms with Gasteiger partial charge < -0.3 is 9.04 Å². The van der Waals surface area contributed by atoms with E-state index in [1.807, 2.05) is 6.08 Å². The van der Waals surface area contributed by atoms with Crippen LogP contribution in [0.3, 0.4) is 0 Å². The zero-order valence-corrected chi connectivity index (χ0v) is 10.4. The molecule has 0 aliphatic heterocycles. The van der Waals surface area contributed by atoms with Gasteiger partial charge in [-0.15, -0.1) is 3.89 Å². The average molecular weight is 241 g/mol. The summed E-state index contributed by atoms with van der Waals surface area (Å²) in [5, 5.41) is 0. The van der Waals surface area contributed by atoms with E-state index in [0.29, 0.717) is 0 Å². The van der Waals surface area contributed by atoms with Gasteiger partial charge in [0.15, 0.2) is 0 Å². The predicted octanol–water partition coefficient (Wildman–Crippen LogP) is 1.47. The Hall–Kier alpha value is -0.460. The van der Waals surface area contributed by atoms with E-state index in [4.69, 9.17) is 13.0 Å². The molecule has 15 heavy (non-hydrogen) atoms. The molecule has 6 heteroatoms. The molecule has 92 valence electrons. The van der Waals surface area contributed by atoms with Gasteiger partial charge in [-0.25, -0.2) is 8.42 Å². The zero-order chi connectivity index (χ0) is 12.5. The molecule has 0 saturated heterocycles. The molecule has 0 amide bonds. The van der Waals surface area contributed by atoms with Gasteiger partial charge in [0, 0.05) is 0 Å². The average Bonchev–Trinajstić information content (AvgIpc) is 2.12. The van der Waals surface area contributed by atoms with Crippen molar-refractivity contribution in [2.24, 2.45) is 0 Å². The third-order valence-electron chi connectivity index (χ3n) is 2.53. The van der Waals surface area contributed by atoms with Gasteiger partial charge in [0.2, 0.25) is 0 Å². The number of likely N-dealkylation sites (N-methyl/N-ethyl adjacent to an activating group) is 1. The van der Waals surface area contributed by atoms with Gasteiger partial charge >= 0.3 is 0 Å². The summed E-state index contributed by atoms with van der Waals surface area (Å²) in [7, 11) is -5.42. The molecule has 0 spiro atoms. The normalized spacial score (nSPS) is 11.5. The molecule has 0 atom stereocenters. The molecule has 0 N–H and O–H groups in total. The molecule has 0 saturated carbocycles. The summed E-state index contributed by atoms with van der Waals surface area (Å²) in [6.07, 6.45) is 2.02. The number of halogens is 1. The SMILES string of the molecule is C=CC[N+](CC)(CC)CC.O=S(=O)([O-])F. The van der Waals surface area contributed by atoms with Crippen molar-refractivity contribution in [1.29, 1.82) is 0 Å². The third kappa shape index (κ3) is 11.5. The molecule has 0 heterocycles. The van der Waals surface area contributed by atoms with Crippen molar-refractivity contribution in [2.45, 2.75) is 20.8 Å². The summed E-state index contributed by atoms with van der Waals surface area (Å²) in [5.41, 5.74) is 0. The first-order valence-corrected chi connectivity index (χ1v) is 6.17. The molecular formula is C9H20FNO3S. The van der Waals surface area contributed by atoms with Crippen molar-refractivity contribution in [2.75, 3.05) is 26.2 Å². The largest absolute Gasteiger partial charge is 0.722 e. The fourth-order valence-electron chi connectivity index (χ4n) is 1.33. The minimum Gasteiger partial charge on any atom is -0.722 e. The van der Waals surface area contributed by atoms with E-state index in [-0.39, 0.29) is 0 Å². The quantitative estimate of drug-likeness (QED) is 0.317. The van der Waals surface area contributed by atoms with Crippen LogP contribution in [0.2, 0.25) is 0 Å². The number of rotatable bonds is 5. The molecule has 0 fully saturated rings. The molecule has 0 aromatic rings. The Bertz CT molecular complexity index is 244. The van der Waals surface area contributed by atoms with E-state index in [1.165, 1.54) is 24.1 Å². The minimum atomic E-state index is -5.42. The highest BCUT2D eigenvalue weighted by Crippen LogP contribution is 2.04. The summed E-state index contributed by atoms with van der Waals surface area (Å²) in [6.45, 7) is 15.3. The summed E-state index contributed by atoms with van der Waals surface area (Å²) < 4.78 is 36.5. The summed E-state index contributed by atoms with van der Waals surface area (Å²) in [4.78, 5) is 0. The Kier molecular flexibility index (Phi) is 8.80. The van der Waals surface area contributed by atoms with Gasteiger partial charge in [-0.1, -0.05) is 6.58 Å². The van der Waals surface area contributed by atoms with Crippen LogP contribution in [0.5, 0.6) is 0 Å². The lowest BCUT2D eigenvalue weighted by Crippen LogP contribution is -2.47. The van der Waals surface area contributed by atoms with Gasteiger partial charge in [-0.05, 0) is 26.8 Å². The third-order valence-corrected chi connectivity index (χ3v) is 2.53. The van der Waals surface area contributed by atoms with Crippen LogP contribution in [0.15, 0.2) is 12.7 Å². The Morgan fingerprint density at radius 1 is 1.27 bits per heavy atom. The van der Waals surface area contributed by atoms with Gasteiger partial charge in [0.05, 0.1) is 26.2 Å². The number of quaternary nitrogens is 1. The van der Waals surface area contributed by atoms with Crippen LogP contribution in [0.4, 0.5) is 3.89 Å². The van der Waals surface area contributed by atoms with E-state index >= 15 is 0 Å². The Balaban J connectivity index is 0. The van der Waals surface area contributed by atoms with E-state index in [9.17, 15) is 3.89 Å². The predicted molar refractivity (Wildman–Crippen MR) is 57.8 cm³/mol. The van der Waals surface area contributed by atoms with Crippen LogP contribution in [-0.4, -0.2) is 43.6 Å². The minimum absolute atomic E-state index is 1.11. The molecule has 4 nitrogen and oxygen atoms in total. The van der Waals surface area contributed by atoms with E-state index < -0.39 is 10.5 Å². The van der Waals surface area contributed by atoms with E-state index in [2.05, 4.69) is 27.4 Å². The highest BCUT2D eigenvalue weighted by atomic mass is 32.3. The van der Waals surface area contributed by atoms with Crippen LogP contribution in [0.25, 0.3) is 0 Å².